The third kappa shape index (κ3) is 2.62. The number of carbonyl (C=O) groups is 2. The molecule has 1 atom stereocenters. The lowest BCUT2D eigenvalue weighted by molar-refractivity contribution is -0.120. The Balaban J connectivity index is 2.24. The van der Waals surface area contributed by atoms with Crippen LogP contribution in [0.5, 0.6) is 0 Å². The summed E-state index contributed by atoms with van der Waals surface area (Å²) in [5, 5.41) is 4.76. The van der Waals surface area contributed by atoms with Gasteiger partial charge in [0.2, 0.25) is 0 Å². The van der Waals surface area contributed by atoms with Crippen molar-refractivity contribution in [2.24, 2.45) is 0 Å². The van der Waals surface area contributed by atoms with Crippen molar-refractivity contribution in [3.63, 3.8) is 0 Å². The van der Waals surface area contributed by atoms with Crippen molar-refractivity contribution < 1.29 is 9.59 Å². The SMILES string of the molecule is O=C1NC(=O)[C@H](CCCCI)N1. The van der Waals surface area contributed by atoms with Crippen molar-refractivity contribution in [1.29, 1.82) is 0 Å². The van der Waals surface area contributed by atoms with E-state index in [2.05, 4.69) is 33.2 Å². The zero-order chi connectivity index (χ0) is 8.97. The zero-order valence-electron chi connectivity index (χ0n) is 6.60. The maximum atomic E-state index is 11.0. The topological polar surface area (TPSA) is 58.2 Å². The van der Waals surface area contributed by atoms with E-state index in [-0.39, 0.29) is 18.0 Å². The van der Waals surface area contributed by atoms with Gasteiger partial charge in [-0.2, -0.15) is 0 Å². The first kappa shape index (κ1) is 9.76. The number of imide groups is 1. The fourth-order valence-corrected chi connectivity index (χ4v) is 1.64. The van der Waals surface area contributed by atoms with Crippen LogP contribution in [-0.4, -0.2) is 22.4 Å². The Morgan fingerprint density at radius 2 is 2.08 bits per heavy atom. The Bertz CT molecular complexity index is 196. The van der Waals surface area contributed by atoms with Crippen LogP contribution in [0.4, 0.5) is 4.79 Å². The van der Waals surface area contributed by atoms with Gasteiger partial charge in [-0.05, 0) is 17.3 Å². The van der Waals surface area contributed by atoms with Crippen LogP contribution in [0.15, 0.2) is 0 Å². The average molecular weight is 282 g/mol. The number of unbranched alkanes of at least 4 members (excludes halogenated alkanes) is 1. The monoisotopic (exact) mass is 282 g/mol. The highest BCUT2D eigenvalue weighted by Gasteiger charge is 2.28. The second-order valence-corrected chi connectivity index (χ2v) is 3.78. The van der Waals surface area contributed by atoms with Crippen molar-refractivity contribution in [2.45, 2.75) is 25.3 Å². The molecule has 0 bridgehead atoms. The Kier molecular flexibility index (Phi) is 3.77. The number of rotatable bonds is 4. The summed E-state index contributed by atoms with van der Waals surface area (Å²) in [6.07, 6.45) is 2.84. The molecule has 1 rings (SSSR count). The highest BCUT2D eigenvalue weighted by atomic mass is 127. The minimum Gasteiger partial charge on any atom is -0.326 e. The predicted molar refractivity (Wildman–Crippen MR) is 53.2 cm³/mol. The standard InChI is InChI=1S/C7H11IN2O2/c8-4-2-1-3-5-6(11)10-7(12)9-5/h5H,1-4H2,(H2,9,10,11,12)/t5-/m0/s1. The number of hydrogen-bond donors (Lipinski definition) is 2. The van der Waals surface area contributed by atoms with Crippen LogP contribution in [0.3, 0.4) is 0 Å². The molecule has 3 amide bonds. The van der Waals surface area contributed by atoms with Crippen LogP contribution in [0.2, 0.25) is 0 Å². The molecule has 0 spiro atoms. The fraction of sp³-hybridized carbons (Fsp3) is 0.714. The van der Waals surface area contributed by atoms with E-state index in [0.29, 0.717) is 0 Å². The molecular formula is C7H11IN2O2. The summed E-state index contributed by atoms with van der Waals surface area (Å²) in [7, 11) is 0. The number of alkyl halides is 1. The Labute approximate surface area is 84.6 Å². The Morgan fingerprint density at radius 1 is 1.33 bits per heavy atom. The highest BCUT2D eigenvalue weighted by Crippen LogP contribution is 2.05. The molecule has 1 aliphatic heterocycles. The second-order valence-electron chi connectivity index (χ2n) is 2.70. The molecule has 0 aromatic rings. The van der Waals surface area contributed by atoms with Crippen molar-refractivity contribution in [3.05, 3.63) is 0 Å². The fourth-order valence-electron chi connectivity index (χ4n) is 1.11. The number of urea groups is 1. The molecule has 0 radical (unpaired) electrons. The molecule has 68 valence electrons. The number of amides is 3. The molecule has 12 heavy (non-hydrogen) atoms. The molecule has 4 nitrogen and oxygen atoms in total. The Morgan fingerprint density at radius 3 is 2.58 bits per heavy atom. The summed E-state index contributed by atoms with van der Waals surface area (Å²) >= 11 is 2.30. The number of carbonyl (C=O) groups excluding carboxylic acids is 2. The molecule has 0 aromatic heterocycles. The van der Waals surface area contributed by atoms with Crippen molar-refractivity contribution in [3.8, 4) is 0 Å². The minimum absolute atomic E-state index is 0.187. The van der Waals surface area contributed by atoms with E-state index in [4.69, 9.17) is 0 Å². The smallest absolute Gasteiger partial charge is 0.322 e. The van der Waals surface area contributed by atoms with Crippen molar-refractivity contribution in [2.75, 3.05) is 4.43 Å². The average Bonchev–Trinajstić information content (AvgIpc) is 2.31. The lowest BCUT2D eigenvalue weighted by atomic mass is 10.1. The number of halogens is 1. The minimum atomic E-state index is -0.362. The van der Waals surface area contributed by atoms with Gasteiger partial charge in [-0.25, -0.2) is 4.79 Å². The lowest BCUT2D eigenvalue weighted by Crippen LogP contribution is -2.28. The summed E-state index contributed by atoms with van der Waals surface area (Å²) in [5.41, 5.74) is 0. The van der Waals surface area contributed by atoms with Crippen LogP contribution in [0.1, 0.15) is 19.3 Å². The number of hydrogen-bond acceptors (Lipinski definition) is 2. The first-order valence-corrected chi connectivity index (χ1v) is 5.44. The van der Waals surface area contributed by atoms with Crippen molar-refractivity contribution in [1.82, 2.24) is 10.6 Å². The van der Waals surface area contributed by atoms with Gasteiger partial charge >= 0.3 is 6.03 Å². The van der Waals surface area contributed by atoms with Crippen molar-refractivity contribution >= 4 is 34.5 Å². The summed E-state index contributed by atoms with van der Waals surface area (Å²) in [6, 6.07) is -0.653. The molecule has 5 heteroatoms. The molecule has 0 unspecified atom stereocenters. The molecule has 0 aliphatic carbocycles. The van der Waals surface area contributed by atoms with Crippen LogP contribution in [0.25, 0.3) is 0 Å². The summed E-state index contributed by atoms with van der Waals surface area (Å²) in [5.74, 6) is -0.187. The second kappa shape index (κ2) is 4.64. The van der Waals surface area contributed by atoms with Crippen LogP contribution in [0, 0.1) is 0 Å². The number of nitrogens with one attached hydrogen (secondary N) is 2. The summed E-state index contributed by atoms with van der Waals surface area (Å²) < 4.78 is 1.10. The molecule has 1 heterocycles. The van der Waals surface area contributed by atoms with E-state index in [1.54, 1.807) is 0 Å². The van der Waals surface area contributed by atoms with E-state index in [1.807, 2.05) is 0 Å². The molecule has 1 aliphatic rings. The maximum Gasteiger partial charge on any atom is 0.322 e. The van der Waals surface area contributed by atoms with Gasteiger partial charge < -0.3 is 5.32 Å². The third-order valence-electron chi connectivity index (χ3n) is 1.73. The van der Waals surface area contributed by atoms with Crippen LogP contribution < -0.4 is 10.6 Å². The van der Waals surface area contributed by atoms with E-state index in [1.165, 1.54) is 0 Å². The largest absolute Gasteiger partial charge is 0.326 e. The highest BCUT2D eigenvalue weighted by molar-refractivity contribution is 14.1. The maximum absolute atomic E-state index is 11.0. The molecule has 2 N–H and O–H groups in total. The molecular weight excluding hydrogens is 271 g/mol. The zero-order valence-corrected chi connectivity index (χ0v) is 8.76. The summed E-state index contributed by atoms with van der Waals surface area (Å²) in [4.78, 5) is 21.6. The van der Waals surface area contributed by atoms with E-state index in [9.17, 15) is 9.59 Å². The molecule has 1 saturated heterocycles. The molecule has 0 saturated carbocycles. The van der Waals surface area contributed by atoms with Gasteiger partial charge in [0.1, 0.15) is 6.04 Å². The first-order valence-electron chi connectivity index (χ1n) is 3.91. The van der Waals surface area contributed by atoms with Crippen LogP contribution in [-0.2, 0) is 4.79 Å². The van der Waals surface area contributed by atoms with Gasteiger partial charge in [0, 0.05) is 0 Å². The molecule has 1 fully saturated rings. The van der Waals surface area contributed by atoms with Gasteiger partial charge in [-0.15, -0.1) is 0 Å². The Hall–Kier alpha value is -0.330. The lowest BCUT2D eigenvalue weighted by Gasteiger charge is -2.04. The predicted octanol–water partition coefficient (Wildman–Crippen LogP) is 0.800. The van der Waals surface area contributed by atoms with E-state index >= 15 is 0 Å². The third-order valence-corrected chi connectivity index (χ3v) is 2.50. The van der Waals surface area contributed by atoms with Crippen LogP contribution >= 0.6 is 22.6 Å². The quantitative estimate of drug-likeness (QED) is 0.347. The van der Waals surface area contributed by atoms with Gasteiger partial charge in [0.25, 0.3) is 5.91 Å². The van der Waals surface area contributed by atoms with Gasteiger partial charge in [0.15, 0.2) is 0 Å². The van der Waals surface area contributed by atoms with E-state index in [0.717, 1.165) is 23.7 Å². The first-order chi connectivity index (χ1) is 5.74. The normalized spacial score (nSPS) is 22.2. The summed E-state index contributed by atoms with van der Waals surface area (Å²) in [6.45, 7) is 0. The van der Waals surface area contributed by atoms with Gasteiger partial charge in [-0.1, -0.05) is 29.0 Å². The molecule has 0 aromatic carbocycles. The van der Waals surface area contributed by atoms with E-state index < -0.39 is 0 Å². The van der Waals surface area contributed by atoms with Gasteiger partial charge in [0.05, 0.1) is 0 Å². The van der Waals surface area contributed by atoms with Gasteiger partial charge in [-0.3, -0.25) is 10.1 Å².